The van der Waals surface area contributed by atoms with Gasteiger partial charge in [-0.2, -0.15) is 0 Å². The Bertz CT molecular complexity index is 753. The van der Waals surface area contributed by atoms with Crippen molar-refractivity contribution in [1.82, 2.24) is 4.72 Å². The minimum atomic E-state index is -3.76. The van der Waals surface area contributed by atoms with Crippen LogP contribution in [0.25, 0.3) is 0 Å². The van der Waals surface area contributed by atoms with Crippen molar-refractivity contribution in [3.05, 3.63) is 51.9 Å². The first-order valence-electron chi connectivity index (χ1n) is 5.90. The first kappa shape index (κ1) is 16.0. The zero-order chi connectivity index (χ0) is 15.6. The summed E-state index contributed by atoms with van der Waals surface area (Å²) >= 11 is 6.50. The molecule has 0 amide bonds. The van der Waals surface area contributed by atoms with Crippen molar-refractivity contribution in [3.8, 4) is 0 Å². The molecule has 0 spiro atoms. The molecule has 0 bridgehead atoms. The van der Waals surface area contributed by atoms with Crippen molar-refractivity contribution in [2.24, 2.45) is 0 Å². The lowest BCUT2D eigenvalue weighted by Gasteiger charge is -2.13. The maximum atomic E-state index is 12.2. The van der Waals surface area contributed by atoms with Crippen LogP contribution in [-0.2, 0) is 10.0 Å². The molecular formula is C13H12ClNO4S2. The fourth-order valence-corrected chi connectivity index (χ4v) is 4.21. The Kier molecular flexibility index (Phi) is 4.67. The van der Waals surface area contributed by atoms with Crippen molar-refractivity contribution in [2.75, 3.05) is 0 Å². The second kappa shape index (κ2) is 6.15. The van der Waals surface area contributed by atoms with Gasteiger partial charge in [-0.15, -0.1) is 11.3 Å². The lowest BCUT2D eigenvalue weighted by atomic mass is 10.1. The number of nitrogens with one attached hydrogen (secondary N) is 1. The Balaban J connectivity index is 2.20. The van der Waals surface area contributed by atoms with E-state index < -0.39 is 22.0 Å². The molecule has 0 aliphatic carbocycles. The molecule has 0 radical (unpaired) electrons. The molecule has 2 aromatic rings. The van der Waals surface area contributed by atoms with E-state index in [1.54, 1.807) is 31.2 Å². The van der Waals surface area contributed by atoms with Crippen LogP contribution in [0.1, 0.15) is 28.2 Å². The Labute approximate surface area is 131 Å². The van der Waals surface area contributed by atoms with Gasteiger partial charge in [0.2, 0.25) is 0 Å². The molecule has 1 heterocycles. The first-order chi connectivity index (χ1) is 9.79. The van der Waals surface area contributed by atoms with E-state index in [1.165, 1.54) is 12.1 Å². The number of aromatic carboxylic acids is 1. The Morgan fingerprint density at radius 1 is 1.24 bits per heavy atom. The summed E-state index contributed by atoms with van der Waals surface area (Å²) < 4.78 is 26.9. The monoisotopic (exact) mass is 345 g/mol. The van der Waals surface area contributed by atoms with Crippen molar-refractivity contribution in [2.45, 2.75) is 17.2 Å². The SMILES string of the molecule is C[C@H](NS(=O)(=O)c1ccc(C(=O)O)s1)c1ccc(Cl)cc1. The summed E-state index contributed by atoms with van der Waals surface area (Å²) in [7, 11) is -3.76. The number of carboxylic acid groups (broad SMARTS) is 1. The molecule has 5 nitrogen and oxygen atoms in total. The smallest absolute Gasteiger partial charge is 0.345 e. The van der Waals surface area contributed by atoms with E-state index >= 15 is 0 Å². The topological polar surface area (TPSA) is 83.5 Å². The summed E-state index contributed by atoms with van der Waals surface area (Å²) in [6.45, 7) is 1.70. The summed E-state index contributed by atoms with van der Waals surface area (Å²) in [6.07, 6.45) is 0. The number of thiophene rings is 1. The molecule has 21 heavy (non-hydrogen) atoms. The molecule has 0 aliphatic heterocycles. The Morgan fingerprint density at radius 2 is 1.86 bits per heavy atom. The van der Waals surface area contributed by atoms with E-state index in [1.807, 2.05) is 0 Å². The highest BCUT2D eigenvalue weighted by Crippen LogP contribution is 2.24. The molecule has 0 aliphatic rings. The van der Waals surface area contributed by atoms with E-state index in [2.05, 4.69) is 4.72 Å². The van der Waals surface area contributed by atoms with E-state index in [0.29, 0.717) is 16.4 Å². The maximum Gasteiger partial charge on any atom is 0.345 e. The van der Waals surface area contributed by atoms with Crippen molar-refractivity contribution in [3.63, 3.8) is 0 Å². The van der Waals surface area contributed by atoms with Crippen LogP contribution in [0, 0.1) is 0 Å². The molecule has 2 rings (SSSR count). The number of rotatable bonds is 5. The molecule has 0 unspecified atom stereocenters. The molecule has 1 aromatic heterocycles. The highest BCUT2D eigenvalue weighted by atomic mass is 35.5. The van der Waals surface area contributed by atoms with Crippen LogP contribution in [-0.4, -0.2) is 19.5 Å². The van der Waals surface area contributed by atoms with Crippen LogP contribution in [0.3, 0.4) is 0 Å². The van der Waals surface area contributed by atoms with Crippen LogP contribution in [0.5, 0.6) is 0 Å². The van der Waals surface area contributed by atoms with Gasteiger partial charge in [-0.05, 0) is 36.8 Å². The largest absolute Gasteiger partial charge is 0.477 e. The van der Waals surface area contributed by atoms with Gasteiger partial charge >= 0.3 is 5.97 Å². The maximum absolute atomic E-state index is 12.2. The second-order valence-corrected chi connectivity index (χ2v) is 7.78. The predicted molar refractivity (Wildman–Crippen MR) is 81.5 cm³/mol. The van der Waals surface area contributed by atoms with Gasteiger partial charge in [0.15, 0.2) is 0 Å². The zero-order valence-electron chi connectivity index (χ0n) is 10.9. The third-order valence-corrected chi connectivity index (χ3v) is 6.12. The van der Waals surface area contributed by atoms with Gasteiger partial charge in [-0.1, -0.05) is 23.7 Å². The third kappa shape index (κ3) is 3.82. The minimum absolute atomic E-state index is 0.0190. The Hall–Kier alpha value is -1.41. The van der Waals surface area contributed by atoms with Crippen LogP contribution < -0.4 is 4.72 Å². The molecule has 0 saturated heterocycles. The number of hydrogen-bond acceptors (Lipinski definition) is 4. The molecule has 8 heteroatoms. The summed E-state index contributed by atoms with van der Waals surface area (Å²) in [4.78, 5) is 10.8. The summed E-state index contributed by atoms with van der Waals surface area (Å²) in [5.74, 6) is -1.15. The van der Waals surface area contributed by atoms with Crippen molar-refractivity contribution >= 4 is 38.9 Å². The second-order valence-electron chi connectivity index (χ2n) is 4.32. The van der Waals surface area contributed by atoms with Gasteiger partial charge in [0, 0.05) is 11.1 Å². The van der Waals surface area contributed by atoms with E-state index in [-0.39, 0.29) is 9.09 Å². The lowest BCUT2D eigenvalue weighted by Crippen LogP contribution is -2.26. The van der Waals surface area contributed by atoms with Gasteiger partial charge in [0.1, 0.15) is 9.09 Å². The summed E-state index contributed by atoms with van der Waals surface area (Å²) in [6, 6.07) is 8.91. The van der Waals surface area contributed by atoms with Crippen molar-refractivity contribution < 1.29 is 18.3 Å². The third-order valence-electron chi connectivity index (χ3n) is 2.76. The minimum Gasteiger partial charge on any atom is -0.477 e. The first-order valence-corrected chi connectivity index (χ1v) is 8.58. The lowest BCUT2D eigenvalue weighted by molar-refractivity contribution is 0.0702. The number of sulfonamides is 1. The molecule has 112 valence electrons. The molecular weight excluding hydrogens is 334 g/mol. The average molecular weight is 346 g/mol. The number of hydrogen-bond donors (Lipinski definition) is 2. The highest BCUT2D eigenvalue weighted by Gasteiger charge is 2.21. The van der Waals surface area contributed by atoms with Gasteiger partial charge in [0.25, 0.3) is 10.0 Å². The Morgan fingerprint density at radius 3 is 2.38 bits per heavy atom. The van der Waals surface area contributed by atoms with Crippen LogP contribution >= 0.6 is 22.9 Å². The highest BCUT2D eigenvalue weighted by molar-refractivity contribution is 7.91. The normalized spacial score (nSPS) is 13.0. The van der Waals surface area contributed by atoms with Gasteiger partial charge < -0.3 is 5.11 Å². The average Bonchev–Trinajstić information content (AvgIpc) is 2.89. The number of benzene rings is 1. The molecule has 0 fully saturated rings. The summed E-state index contributed by atoms with van der Waals surface area (Å²) in [5.41, 5.74) is 0.762. The standard InChI is InChI=1S/C13H12ClNO4S2/c1-8(9-2-4-10(14)5-3-9)15-21(18,19)12-7-6-11(20-12)13(16)17/h2-8,15H,1H3,(H,16,17)/t8-/m0/s1. The van der Waals surface area contributed by atoms with Gasteiger partial charge in [-0.3, -0.25) is 0 Å². The number of halogens is 1. The molecule has 2 N–H and O–H groups in total. The van der Waals surface area contributed by atoms with Crippen molar-refractivity contribution in [1.29, 1.82) is 0 Å². The van der Waals surface area contributed by atoms with E-state index in [0.717, 1.165) is 5.56 Å². The van der Waals surface area contributed by atoms with Crippen LogP contribution in [0.2, 0.25) is 5.02 Å². The van der Waals surface area contributed by atoms with Gasteiger partial charge in [-0.25, -0.2) is 17.9 Å². The molecule has 1 atom stereocenters. The van der Waals surface area contributed by atoms with Gasteiger partial charge in [0.05, 0.1) is 0 Å². The van der Waals surface area contributed by atoms with E-state index in [4.69, 9.17) is 16.7 Å². The van der Waals surface area contributed by atoms with Crippen LogP contribution in [0.15, 0.2) is 40.6 Å². The predicted octanol–water partition coefficient (Wildman–Crippen LogP) is 3.14. The zero-order valence-corrected chi connectivity index (χ0v) is 13.3. The fraction of sp³-hybridized carbons (Fsp3) is 0.154. The molecule has 1 aromatic carbocycles. The summed E-state index contributed by atoms with van der Waals surface area (Å²) in [5, 5.41) is 9.40. The quantitative estimate of drug-likeness (QED) is 0.872. The fourth-order valence-electron chi connectivity index (χ4n) is 1.69. The number of carbonyl (C=O) groups is 1. The number of carboxylic acids is 1. The van der Waals surface area contributed by atoms with Crippen LogP contribution in [0.4, 0.5) is 0 Å². The van der Waals surface area contributed by atoms with E-state index in [9.17, 15) is 13.2 Å². The molecule has 0 saturated carbocycles.